The highest BCUT2D eigenvalue weighted by atomic mass is 35.5. The van der Waals surface area contributed by atoms with E-state index in [9.17, 15) is 4.79 Å². The van der Waals surface area contributed by atoms with Gasteiger partial charge < -0.3 is 0 Å². The van der Waals surface area contributed by atoms with Crippen LogP contribution in [0.1, 0.15) is 6.42 Å². The molecule has 0 spiro atoms. The number of benzene rings is 1. The van der Waals surface area contributed by atoms with Crippen LogP contribution in [-0.4, -0.2) is 29.2 Å². The lowest BCUT2D eigenvalue weighted by molar-refractivity contribution is -0.117. The molecule has 0 saturated carbocycles. The number of hydrogen-bond donors (Lipinski definition) is 1. The molecule has 2 aromatic rings. The molecule has 22 heavy (non-hydrogen) atoms. The summed E-state index contributed by atoms with van der Waals surface area (Å²) in [5, 5.41) is 11.1. The number of H-pyrrole nitrogens is 1. The highest BCUT2D eigenvalue weighted by molar-refractivity contribution is 6.30. The first-order valence-corrected chi connectivity index (χ1v) is 7.17. The number of azide groups is 1. The summed E-state index contributed by atoms with van der Waals surface area (Å²) < 4.78 is 0. The number of carbonyl (C=O) groups excluding carboxylic acids is 1. The Kier molecular flexibility index (Phi) is 4.00. The molecule has 0 bridgehead atoms. The Morgan fingerprint density at radius 2 is 2.41 bits per heavy atom. The van der Waals surface area contributed by atoms with E-state index < -0.39 is 0 Å². The van der Waals surface area contributed by atoms with E-state index in [-0.39, 0.29) is 11.8 Å². The van der Waals surface area contributed by atoms with Crippen molar-refractivity contribution in [3.8, 4) is 11.1 Å². The molecule has 1 aliphatic heterocycles. The first-order chi connectivity index (χ1) is 10.7. The molecular weight excluding hydrogens is 304 g/mol. The number of nitrogens with zero attached hydrogens (tertiary/aromatic N) is 5. The summed E-state index contributed by atoms with van der Waals surface area (Å²) in [6.45, 7) is 0.826. The van der Waals surface area contributed by atoms with Crippen molar-refractivity contribution >= 4 is 23.3 Å². The van der Waals surface area contributed by atoms with E-state index >= 15 is 0 Å². The summed E-state index contributed by atoms with van der Waals surface area (Å²) in [5.74, 6) is 0.667. The van der Waals surface area contributed by atoms with Gasteiger partial charge in [0.15, 0.2) is 0 Å². The lowest BCUT2D eigenvalue weighted by Crippen LogP contribution is -2.25. The number of rotatable bonds is 4. The molecule has 1 saturated heterocycles. The maximum atomic E-state index is 12.2. The van der Waals surface area contributed by atoms with Crippen LogP contribution in [0.5, 0.6) is 0 Å². The van der Waals surface area contributed by atoms with Crippen LogP contribution in [0.4, 0.5) is 5.82 Å². The van der Waals surface area contributed by atoms with Gasteiger partial charge in [-0.15, -0.1) is 0 Å². The molecule has 1 aromatic heterocycles. The van der Waals surface area contributed by atoms with Crippen molar-refractivity contribution in [1.29, 1.82) is 0 Å². The van der Waals surface area contributed by atoms with E-state index in [1.54, 1.807) is 17.2 Å². The van der Waals surface area contributed by atoms with Crippen molar-refractivity contribution in [2.75, 3.05) is 18.0 Å². The molecule has 0 aliphatic carbocycles. The maximum Gasteiger partial charge on any atom is 0.228 e. The second kappa shape index (κ2) is 6.09. The van der Waals surface area contributed by atoms with Gasteiger partial charge in [-0.3, -0.25) is 14.8 Å². The number of nitrogens with one attached hydrogen (secondary N) is 1. The number of amides is 1. The van der Waals surface area contributed by atoms with Crippen molar-refractivity contribution in [2.45, 2.75) is 6.42 Å². The Morgan fingerprint density at radius 3 is 3.18 bits per heavy atom. The molecule has 1 N–H and O–H groups in total. The second-order valence-electron chi connectivity index (χ2n) is 5.13. The lowest BCUT2D eigenvalue weighted by Gasteiger charge is -2.16. The summed E-state index contributed by atoms with van der Waals surface area (Å²) >= 11 is 6.03. The van der Waals surface area contributed by atoms with Crippen LogP contribution in [0.15, 0.2) is 35.6 Å². The molecule has 0 radical (unpaired) electrons. The quantitative estimate of drug-likeness (QED) is 0.531. The number of hydrogen-bond acceptors (Lipinski definition) is 3. The molecule has 1 fully saturated rings. The zero-order chi connectivity index (χ0) is 15.5. The summed E-state index contributed by atoms with van der Waals surface area (Å²) in [5.41, 5.74) is 10.1. The van der Waals surface area contributed by atoms with Crippen LogP contribution in [-0.2, 0) is 4.79 Å². The predicted octanol–water partition coefficient (Wildman–Crippen LogP) is 3.39. The first-order valence-electron chi connectivity index (χ1n) is 6.79. The molecule has 1 amide bonds. The van der Waals surface area contributed by atoms with Crippen LogP contribution >= 0.6 is 11.6 Å². The van der Waals surface area contributed by atoms with Crippen molar-refractivity contribution in [3.63, 3.8) is 0 Å². The van der Waals surface area contributed by atoms with E-state index in [1.165, 1.54) is 0 Å². The molecule has 2 heterocycles. The number of anilines is 1. The molecule has 8 heteroatoms. The Hall–Kier alpha value is -2.50. The monoisotopic (exact) mass is 316 g/mol. The minimum absolute atomic E-state index is 0.00864. The van der Waals surface area contributed by atoms with Gasteiger partial charge in [-0.25, -0.2) is 0 Å². The van der Waals surface area contributed by atoms with Gasteiger partial charge >= 0.3 is 0 Å². The molecule has 1 unspecified atom stereocenters. The Morgan fingerprint density at radius 1 is 1.55 bits per heavy atom. The zero-order valence-corrected chi connectivity index (χ0v) is 12.4. The van der Waals surface area contributed by atoms with Crippen LogP contribution in [0.3, 0.4) is 0 Å². The minimum atomic E-state index is -0.00864. The van der Waals surface area contributed by atoms with Gasteiger partial charge in [-0.2, -0.15) is 5.10 Å². The third kappa shape index (κ3) is 2.77. The minimum Gasteiger partial charge on any atom is -0.296 e. The maximum absolute atomic E-state index is 12.2. The van der Waals surface area contributed by atoms with Gasteiger partial charge in [0.1, 0.15) is 5.82 Å². The van der Waals surface area contributed by atoms with Crippen LogP contribution in [0, 0.1) is 5.92 Å². The van der Waals surface area contributed by atoms with Crippen molar-refractivity contribution in [2.24, 2.45) is 11.0 Å². The van der Waals surface area contributed by atoms with E-state index in [0.717, 1.165) is 11.1 Å². The Bertz CT molecular complexity index is 751. The summed E-state index contributed by atoms with van der Waals surface area (Å²) in [6, 6.07) is 7.39. The highest BCUT2D eigenvalue weighted by Crippen LogP contribution is 2.33. The fourth-order valence-electron chi connectivity index (χ4n) is 2.62. The normalized spacial score (nSPS) is 17.6. The third-order valence-corrected chi connectivity index (χ3v) is 3.87. The van der Waals surface area contributed by atoms with Crippen LogP contribution < -0.4 is 4.90 Å². The van der Waals surface area contributed by atoms with Gasteiger partial charge in [0, 0.05) is 35.0 Å². The van der Waals surface area contributed by atoms with Crippen molar-refractivity contribution in [3.05, 3.63) is 45.9 Å². The number of halogens is 1. The van der Waals surface area contributed by atoms with E-state index in [1.807, 2.05) is 18.2 Å². The predicted molar refractivity (Wildman–Crippen MR) is 83.5 cm³/mol. The molecular formula is C14H13ClN6O. The van der Waals surface area contributed by atoms with Crippen molar-refractivity contribution in [1.82, 2.24) is 10.2 Å². The topological polar surface area (TPSA) is 97.8 Å². The molecule has 7 nitrogen and oxygen atoms in total. The number of aromatic amines is 1. The largest absolute Gasteiger partial charge is 0.296 e. The van der Waals surface area contributed by atoms with Gasteiger partial charge in [0.2, 0.25) is 5.91 Å². The second-order valence-corrected chi connectivity index (χ2v) is 5.57. The van der Waals surface area contributed by atoms with Crippen molar-refractivity contribution < 1.29 is 4.79 Å². The summed E-state index contributed by atoms with van der Waals surface area (Å²) in [7, 11) is 0. The Balaban J connectivity index is 1.89. The van der Waals surface area contributed by atoms with Gasteiger partial charge in [-0.05, 0) is 29.1 Å². The van der Waals surface area contributed by atoms with E-state index in [4.69, 9.17) is 17.1 Å². The van der Waals surface area contributed by atoms with E-state index in [0.29, 0.717) is 30.4 Å². The zero-order valence-electron chi connectivity index (χ0n) is 11.6. The molecule has 3 rings (SSSR count). The standard InChI is InChI=1S/C14H13ClN6O/c15-11-3-1-2-10(5-11)12-7-17-19-14(12)21-8-9(4-13(21)22)6-18-20-16/h1-3,5,7,9H,4,6,8H2,(H,17,19). The molecule has 1 aliphatic rings. The molecule has 112 valence electrons. The fraction of sp³-hybridized carbons (Fsp3) is 0.286. The highest BCUT2D eigenvalue weighted by Gasteiger charge is 2.32. The molecule has 1 atom stereocenters. The summed E-state index contributed by atoms with van der Waals surface area (Å²) in [6.07, 6.45) is 2.04. The number of aromatic nitrogens is 2. The lowest BCUT2D eigenvalue weighted by atomic mass is 10.1. The average Bonchev–Trinajstić information content (AvgIpc) is 3.11. The van der Waals surface area contributed by atoms with Gasteiger partial charge in [0.05, 0.1) is 6.20 Å². The van der Waals surface area contributed by atoms with Crippen LogP contribution in [0.25, 0.3) is 21.6 Å². The van der Waals surface area contributed by atoms with Gasteiger partial charge in [-0.1, -0.05) is 28.8 Å². The van der Waals surface area contributed by atoms with E-state index in [2.05, 4.69) is 20.2 Å². The average molecular weight is 317 g/mol. The first kappa shape index (κ1) is 14.4. The fourth-order valence-corrected chi connectivity index (χ4v) is 2.81. The van der Waals surface area contributed by atoms with Crippen LogP contribution in [0.2, 0.25) is 5.02 Å². The third-order valence-electron chi connectivity index (χ3n) is 3.63. The SMILES string of the molecule is [N-]=[N+]=NCC1CC(=O)N(c2[nH]ncc2-c2cccc(Cl)c2)C1. The summed E-state index contributed by atoms with van der Waals surface area (Å²) in [4.78, 5) is 16.6. The molecule has 1 aromatic carbocycles. The smallest absolute Gasteiger partial charge is 0.228 e. The Labute approximate surface area is 131 Å². The number of carbonyl (C=O) groups is 1. The van der Waals surface area contributed by atoms with Gasteiger partial charge in [0.25, 0.3) is 0 Å².